The van der Waals surface area contributed by atoms with Crippen LogP contribution in [0.25, 0.3) is 0 Å². The summed E-state index contributed by atoms with van der Waals surface area (Å²) in [4.78, 5) is 15.8. The summed E-state index contributed by atoms with van der Waals surface area (Å²) in [7, 11) is 1.38. The standard InChI is InChI=1S/C14H21FN2O2/c1-5-9(2)13(14(18)19-4)17-10(3)12-7-6-11(15)8-16-12/h6-10,13,17H,5H2,1-4H3. The van der Waals surface area contributed by atoms with Gasteiger partial charge in [0.15, 0.2) is 0 Å². The lowest BCUT2D eigenvalue weighted by molar-refractivity contribution is -0.144. The van der Waals surface area contributed by atoms with Crippen molar-refractivity contribution in [2.24, 2.45) is 5.92 Å². The number of ether oxygens (including phenoxy) is 1. The molecule has 0 bridgehead atoms. The molecule has 1 N–H and O–H groups in total. The number of methoxy groups -OCH3 is 1. The summed E-state index contributed by atoms with van der Waals surface area (Å²) in [5.74, 6) is -0.513. The Labute approximate surface area is 113 Å². The first-order chi connectivity index (χ1) is 8.99. The second kappa shape index (κ2) is 7.19. The van der Waals surface area contributed by atoms with E-state index in [9.17, 15) is 9.18 Å². The lowest BCUT2D eigenvalue weighted by atomic mass is 9.98. The zero-order valence-corrected chi connectivity index (χ0v) is 11.8. The van der Waals surface area contributed by atoms with Gasteiger partial charge < -0.3 is 4.74 Å². The first-order valence-electron chi connectivity index (χ1n) is 6.44. The third kappa shape index (κ3) is 4.28. The fraction of sp³-hybridized carbons (Fsp3) is 0.571. The molecule has 0 saturated carbocycles. The Morgan fingerprint density at radius 3 is 2.63 bits per heavy atom. The van der Waals surface area contributed by atoms with E-state index >= 15 is 0 Å². The summed E-state index contributed by atoms with van der Waals surface area (Å²) in [6, 6.07) is 2.42. The van der Waals surface area contributed by atoms with Crippen LogP contribution in [0.3, 0.4) is 0 Å². The highest BCUT2D eigenvalue weighted by Gasteiger charge is 2.26. The molecule has 0 fully saturated rings. The van der Waals surface area contributed by atoms with Crippen molar-refractivity contribution in [2.45, 2.75) is 39.3 Å². The molecule has 0 spiro atoms. The van der Waals surface area contributed by atoms with Crippen LogP contribution in [-0.2, 0) is 9.53 Å². The maximum atomic E-state index is 12.8. The average Bonchev–Trinajstić information content (AvgIpc) is 2.43. The Balaban J connectivity index is 2.78. The highest BCUT2D eigenvalue weighted by Crippen LogP contribution is 2.16. The number of esters is 1. The molecule has 5 heteroatoms. The average molecular weight is 268 g/mol. The van der Waals surface area contributed by atoms with E-state index in [1.54, 1.807) is 6.07 Å². The number of aromatic nitrogens is 1. The minimum Gasteiger partial charge on any atom is -0.468 e. The van der Waals surface area contributed by atoms with Crippen molar-refractivity contribution in [1.82, 2.24) is 10.3 Å². The molecule has 4 nitrogen and oxygen atoms in total. The van der Waals surface area contributed by atoms with Crippen molar-refractivity contribution in [1.29, 1.82) is 0 Å². The fourth-order valence-corrected chi connectivity index (χ4v) is 1.83. The summed E-state index contributed by atoms with van der Waals surface area (Å²) in [5.41, 5.74) is 0.693. The van der Waals surface area contributed by atoms with E-state index in [1.165, 1.54) is 19.4 Å². The fourth-order valence-electron chi connectivity index (χ4n) is 1.83. The van der Waals surface area contributed by atoms with Crippen LogP contribution >= 0.6 is 0 Å². The van der Waals surface area contributed by atoms with Gasteiger partial charge in [-0.25, -0.2) is 4.39 Å². The lowest BCUT2D eigenvalue weighted by Crippen LogP contribution is -2.43. The summed E-state index contributed by atoms with van der Waals surface area (Å²) in [6.07, 6.45) is 2.03. The summed E-state index contributed by atoms with van der Waals surface area (Å²) in [6.45, 7) is 5.89. The van der Waals surface area contributed by atoms with Gasteiger partial charge in [-0.1, -0.05) is 20.3 Å². The minimum atomic E-state index is -0.392. The van der Waals surface area contributed by atoms with Crippen LogP contribution in [0.15, 0.2) is 18.3 Å². The van der Waals surface area contributed by atoms with E-state index in [-0.39, 0.29) is 23.7 Å². The van der Waals surface area contributed by atoms with E-state index in [4.69, 9.17) is 4.74 Å². The van der Waals surface area contributed by atoms with Gasteiger partial charge in [0.05, 0.1) is 19.0 Å². The number of carbonyl (C=O) groups excluding carboxylic acids is 1. The highest BCUT2D eigenvalue weighted by atomic mass is 19.1. The van der Waals surface area contributed by atoms with E-state index in [1.807, 2.05) is 20.8 Å². The molecular weight excluding hydrogens is 247 g/mol. The molecule has 0 aromatic carbocycles. The number of carbonyl (C=O) groups is 1. The minimum absolute atomic E-state index is 0.148. The van der Waals surface area contributed by atoms with Crippen LogP contribution in [-0.4, -0.2) is 24.1 Å². The smallest absolute Gasteiger partial charge is 0.323 e. The van der Waals surface area contributed by atoms with Gasteiger partial charge >= 0.3 is 5.97 Å². The molecule has 1 aromatic rings. The molecular formula is C14H21FN2O2. The molecule has 0 aliphatic heterocycles. The summed E-state index contributed by atoms with van der Waals surface area (Å²) in [5, 5.41) is 3.19. The van der Waals surface area contributed by atoms with Gasteiger partial charge in [-0.3, -0.25) is 15.1 Å². The van der Waals surface area contributed by atoms with Gasteiger partial charge in [-0.2, -0.15) is 0 Å². The van der Waals surface area contributed by atoms with Crippen molar-refractivity contribution in [3.63, 3.8) is 0 Å². The number of pyridine rings is 1. The highest BCUT2D eigenvalue weighted by molar-refractivity contribution is 5.76. The van der Waals surface area contributed by atoms with E-state index in [2.05, 4.69) is 10.3 Å². The molecule has 0 saturated heterocycles. The number of rotatable bonds is 6. The molecule has 1 aromatic heterocycles. The molecule has 106 valence electrons. The van der Waals surface area contributed by atoms with Gasteiger partial charge in [0.1, 0.15) is 11.9 Å². The Morgan fingerprint density at radius 2 is 2.16 bits per heavy atom. The zero-order valence-electron chi connectivity index (χ0n) is 11.8. The van der Waals surface area contributed by atoms with Crippen LogP contribution in [0, 0.1) is 11.7 Å². The molecule has 1 rings (SSSR count). The van der Waals surface area contributed by atoms with E-state index in [0.29, 0.717) is 5.69 Å². The SMILES string of the molecule is CCC(C)C(NC(C)c1ccc(F)cn1)C(=O)OC. The van der Waals surface area contributed by atoms with Crippen LogP contribution in [0.4, 0.5) is 4.39 Å². The first-order valence-corrected chi connectivity index (χ1v) is 6.44. The Hall–Kier alpha value is -1.49. The maximum Gasteiger partial charge on any atom is 0.323 e. The zero-order chi connectivity index (χ0) is 14.4. The maximum absolute atomic E-state index is 12.8. The summed E-state index contributed by atoms with van der Waals surface area (Å²) < 4.78 is 17.6. The topological polar surface area (TPSA) is 51.2 Å². The lowest BCUT2D eigenvalue weighted by Gasteiger charge is -2.25. The number of hydrogen-bond acceptors (Lipinski definition) is 4. The van der Waals surface area contributed by atoms with Crippen molar-refractivity contribution in [3.05, 3.63) is 29.8 Å². The second-order valence-corrected chi connectivity index (χ2v) is 4.68. The quantitative estimate of drug-likeness (QED) is 0.805. The predicted molar refractivity (Wildman–Crippen MR) is 71.0 cm³/mol. The number of nitrogens with zero attached hydrogens (tertiary/aromatic N) is 1. The molecule has 3 atom stereocenters. The molecule has 0 amide bonds. The van der Waals surface area contributed by atoms with Gasteiger partial charge in [0, 0.05) is 6.04 Å². The van der Waals surface area contributed by atoms with E-state index in [0.717, 1.165) is 6.42 Å². The van der Waals surface area contributed by atoms with Crippen LogP contribution in [0.5, 0.6) is 0 Å². The van der Waals surface area contributed by atoms with Crippen molar-refractivity contribution in [3.8, 4) is 0 Å². The molecule has 0 aliphatic carbocycles. The Morgan fingerprint density at radius 1 is 1.47 bits per heavy atom. The number of halogens is 1. The van der Waals surface area contributed by atoms with Gasteiger partial charge in [-0.15, -0.1) is 0 Å². The Bertz CT molecular complexity index is 408. The molecule has 0 aliphatic rings. The summed E-state index contributed by atoms with van der Waals surface area (Å²) >= 11 is 0. The van der Waals surface area contributed by atoms with Gasteiger partial charge in [0.2, 0.25) is 0 Å². The predicted octanol–water partition coefficient (Wildman–Crippen LogP) is 2.46. The van der Waals surface area contributed by atoms with Crippen LogP contribution < -0.4 is 5.32 Å². The third-order valence-corrected chi connectivity index (χ3v) is 3.29. The van der Waals surface area contributed by atoms with Crippen LogP contribution in [0.2, 0.25) is 0 Å². The van der Waals surface area contributed by atoms with Crippen molar-refractivity contribution < 1.29 is 13.9 Å². The van der Waals surface area contributed by atoms with Crippen molar-refractivity contribution >= 4 is 5.97 Å². The van der Waals surface area contributed by atoms with Crippen molar-refractivity contribution in [2.75, 3.05) is 7.11 Å². The number of hydrogen-bond donors (Lipinski definition) is 1. The largest absolute Gasteiger partial charge is 0.468 e. The molecule has 3 unspecified atom stereocenters. The molecule has 1 heterocycles. The molecule has 19 heavy (non-hydrogen) atoms. The Kier molecular flexibility index (Phi) is 5.89. The first kappa shape index (κ1) is 15.6. The third-order valence-electron chi connectivity index (χ3n) is 3.29. The van der Waals surface area contributed by atoms with Gasteiger partial charge in [0.25, 0.3) is 0 Å². The second-order valence-electron chi connectivity index (χ2n) is 4.68. The number of nitrogens with one attached hydrogen (secondary N) is 1. The molecule has 0 radical (unpaired) electrons. The normalized spacial score (nSPS) is 15.6. The van der Waals surface area contributed by atoms with Gasteiger partial charge in [-0.05, 0) is 25.0 Å². The monoisotopic (exact) mass is 268 g/mol. The van der Waals surface area contributed by atoms with E-state index < -0.39 is 6.04 Å². The van der Waals surface area contributed by atoms with Crippen LogP contribution in [0.1, 0.15) is 38.9 Å².